The molecule has 1 fully saturated rings. The number of carbonyl (C=O) groups is 1. The highest BCUT2D eigenvalue weighted by Crippen LogP contribution is 2.23. The van der Waals surface area contributed by atoms with Crippen molar-refractivity contribution in [2.45, 2.75) is 32.9 Å². The molecule has 0 aromatic carbocycles. The monoisotopic (exact) mass is 391 g/mol. The Morgan fingerprint density at radius 2 is 2.04 bits per heavy atom. The average molecular weight is 391 g/mol. The van der Waals surface area contributed by atoms with Crippen molar-refractivity contribution in [2.24, 2.45) is 10.7 Å². The van der Waals surface area contributed by atoms with E-state index < -0.39 is 5.60 Å². The summed E-state index contributed by atoms with van der Waals surface area (Å²) in [6.07, 6.45) is 1.31. The molecule has 0 radical (unpaired) electrons. The number of ether oxygens (including phenoxy) is 1. The molecular weight excluding hydrogens is 366 g/mol. The summed E-state index contributed by atoms with van der Waals surface area (Å²) >= 11 is 1.57. The molecular formula is C18H25N5O3S. The number of oxazole rings is 1. The van der Waals surface area contributed by atoms with E-state index in [4.69, 9.17) is 14.9 Å². The van der Waals surface area contributed by atoms with Crippen molar-refractivity contribution >= 4 is 23.4 Å². The predicted molar refractivity (Wildman–Crippen MR) is 105 cm³/mol. The standard InChI is InChI=1S/C18H25N5O3S/c1-18(2,3)26-17(24)23-8-6-22(7-9-23)16(19)20-11-13-12-25-15(21-13)14-5-4-10-27-14/h4-5,10,12H,6-9,11H2,1-3H3,(H2,19,20). The third kappa shape index (κ3) is 5.22. The number of aromatic nitrogens is 1. The number of thiophene rings is 1. The number of hydrogen-bond donors (Lipinski definition) is 1. The Kier molecular flexibility index (Phi) is 5.69. The third-order valence-electron chi connectivity index (χ3n) is 3.94. The van der Waals surface area contributed by atoms with Crippen LogP contribution in [0.3, 0.4) is 0 Å². The molecule has 0 unspecified atom stereocenters. The van der Waals surface area contributed by atoms with Crippen molar-refractivity contribution in [3.05, 3.63) is 29.5 Å². The minimum absolute atomic E-state index is 0.290. The van der Waals surface area contributed by atoms with Crippen LogP contribution in [0.15, 0.2) is 33.2 Å². The summed E-state index contributed by atoms with van der Waals surface area (Å²) < 4.78 is 10.9. The summed E-state index contributed by atoms with van der Waals surface area (Å²) in [7, 11) is 0. The Morgan fingerprint density at radius 3 is 2.67 bits per heavy atom. The second-order valence-corrected chi connectivity index (χ2v) is 8.20. The summed E-state index contributed by atoms with van der Waals surface area (Å²) in [5, 5.41) is 1.98. The van der Waals surface area contributed by atoms with Gasteiger partial charge in [0.15, 0.2) is 5.96 Å². The van der Waals surface area contributed by atoms with Crippen molar-refractivity contribution in [3.63, 3.8) is 0 Å². The number of carbonyl (C=O) groups excluding carboxylic acids is 1. The lowest BCUT2D eigenvalue weighted by atomic mass is 10.2. The van der Waals surface area contributed by atoms with Gasteiger partial charge in [-0.3, -0.25) is 0 Å². The molecule has 3 rings (SSSR count). The molecule has 1 amide bonds. The molecule has 1 aliphatic heterocycles. The lowest BCUT2D eigenvalue weighted by molar-refractivity contribution is 0.0186. The van der Waals surface area contributed by atoms with E-state index in [0.29, 0.717) is 44.6 Å². The molecule has 0 atom stereocenters. The Hall–Kier alpha value is -2.55. The number of nitrogens with zero attached hydrogens (tertiary/aromatic N) is 4. The Balaban J connectivity index is 1.50. The second-order valence-electron chi connectivity index (χ2n) is 7.25. The maximum Gasteiger partial charge on any atom is 0.410 e. The maximum absolute atomic E-state index is 12.1. The number of piperazine rings is 1. The summed E-state index contributed by atoms with van der Waals surface area (Å²) in [6.45, 7) is 8.28. The second kappa shape index (κ2) is 7.99. The fraction of sp³-hybridized carbons (Fsp3) is 0.500. The van der Waals surface area contributed by atoms with Crippen molar-refractivity contribution in [1.29, 1.82) is 0 Å². The molecule has 1 saturated heterocycles. The first kappa shape index (κ1) is 19.2. The summed E-state index contributed by atoms with van der Waals surface area (Å²) in [5.41, 5.74) is 6.34. The average Bonchev–Trinajstić information content (AvgIpc) is 3.29. The predicted octanol–water partition coefficient (Wildman–Crippen LogP) is 2.77. The van der Waals surface area contributed by atoms with Gasteiger partial charge in [-0.1, -0.05) is 6.07 Å². The first-order chi connectivity index (χ1) is 12.8. The Labute approximate surface area is 162 Å². The van der Waals surface area contributed by atoms with Crippen LogP contribution in [0.25, 0.3) is 10.8 Å². The van der Waals surface area contributed by atoms with Crippen LogP contribution < -0.4 is 5.73 Å². The fourth-order valence-electron chi connectivity index (χ4n) is 2.60. The summed E-state index contributed by atoms with van der Waals surface area (Å²) in [4.78, 5) is 25.6. The van der Waals surface area contributed by atoms with Gasteiger partial charge < -0.3 is 24.7 Å². The minimum Gasteiger partial charge on any atom is -0.444 e. The van der Waals surface area contributed by atoms with Gasteiger partial charge in [0.1, 0.15) is 17.6 Å². The van der Waals surface area contributed by atoms with Crippen LogP contribution in [0.5, 0.6) is 0 Å². The van der Waals surface area contributed by atoms with Gasteiger partial charge in [0.2, 0.25) is 5.89 Å². The third-order valence-corrected chi connectivity index (χ3v) is 4.80. The van der Waals surface area contributed by atoms with Crippen LogP contribution in [0.1, 0.15) is 26.5 Å². The molecule has 2 aromatic heterocycles. The highest BCUT2D eigenvalue weighted by molar-refractivity contribution is 7.13. The number of hydrogen-bond acceptors (Lipinski definition) is 6. The van der Waals surface area contributed by atoms with E-state index in [9.17, 15) is 4.79 Å². The van der Waals surface area contributed by atoms with E-state index in [1.807, 2.05) is 43.2 Å². The number of rotatable bonds is 3. The Morgan fingerprint density at radius 1 is 1.33 bits per heavy atom. The van der Waals surface area contributed by atoms with Crippen LogP contribution in [-0.4, -0.2) is 58.6 Å². The topological polar surface area (TPSA) is 97.2 Å². The molecule has 146 valence electrons. The van der Waals surface area contributed by atoms with Gasteiger partial charge in [0.25, 0.3) is 0 Å². The molecule has 27 heavy (non-hydrogen) atoms. The smallest absolute Gasteiger partial charge is 0.410 e. The normalized spacial score (nSPS) is 15.9. The van der Waals surface area contributed by atoms with Crippen molar-refractivity contribution in [2.75, 3.05) is 26.2 Å². The molecule has 0 aliphatic carbocycles. The fourth-order valence-corrected chi connectivity index (χ4v) is 3.26. The van der Waals surface area contributed by atoms with E-state index >= 15 is 0 Å². The van der Waals surface area contributed by atoms with E-state index in [0.717, 1.165) is 10.6 Å². The van der Waals surface area contributed by atoms with E-state index in [2.05, 4.69) is 9.98 Å². The first-order valence-electron chi connectivity index (χ1n) is 8.83. The molecule has 2 N–H and O–H groups in total. The van der Waals surface area contributed by atoms with E-state index in [-0.39, 0.29) is 6.09 Å². The summed E-state index contributed by atoms with van der Waals surface area (Å²) in [5.74, 6) is 1.04. The molecule has 1 aliphatic rings. The number of aliphatic imine (C=N–C) groups is 1. The molecule has 0 saturated carbocycles. The quantitative estimate of drug-likeness (QED) is 0.638. The van der Waals surface area contributed by atoms with E-state index in [1.54, 1.807) is 22.5 Å². The molecule has 0 bridgehead atoms. The minimum atomic E-state index is -0.492. The van der Waals surface area contributed by atoms with Gasteiger partial charge >= 0.3 is 6.09 Å². The van der Waals surface area contributed by atoms with Crippen molar-refractivity contribution in [1.82, 2.24) is 14.8 Å². The van der Waals surface area contributed by atoms with E-state index in [1.165, 1.54) is 0 Å². The van der Waals surface area contributed by atoms with Crippen LogP contribution in [0.2, 0.25) is 0 Å². The highest BCUT2D eigenvalue weighted by atomic mass is 32.1. The number of amides is 1. The van der Waals surface area contributed by atoms with Gasteiger partial charge in [-0.25, -0.2) is 14.8 Å². The number of guanidine groups is 1. The number of nitrogens with two attached hydrogens (primary N) is 1. The largest absolute Gasteiger partial charge is 0.444 e. The molecule has 9 heteroatoms. The van der Waals surface area contributed by atoms with Gasteiger partial charge in [-0.05, 0) is 32.2 Å². The molecule has 0 spiro atoms. The zero-order valence-electron chi connectivity index (χ0n) is 15.8. The Bertz CT molecular complexity index is 786. The van der Waals surface area contributed by atoms with Gasteiger partial charge in [-0.2, -0.15) is 0 Å². The molecule has 2 aromatic rings. The summed E-state index contributed by atoms with van der Waals surface area (Å²) in [6, 6.07) is 3.92. The SMILES string of the molecule is CC(C)(C)OC(=O)N1CCN(C(N)=NCc2coc(-c3cccs3)n2)CC1. The van der Waals surface area contributed by atoms with Crippen molar-refractivity contribution in [3.8, 4) is 10.8 Å². The zero-order chi connectivity index (χ0) is 19.4. The van der Waals surface area contributed by atoms with Crippen molar-refractivity contribution < 1.29 is 13.9 Å². The molecule has 3 heterocycles. The lowest BCUT2D eigenvalue weighted by Gasteiger charge is -2.36. The highest BCUT2D eigenvalue weighted by Gasteiger charge is 2.26. The maximum atomic E-state index is 12.1. The molecule has 8 nitrogen and oxygen atoms in total. The zero-order valence-corrected chi connectivity index (χ0v) is 16.7. The lowest BCUT2D eigenvalue weighted by Crippen LogP contribution is -2.53. The van der Waals surface area contributed by atoms with Gasteiger partial charge in [0, 0.05) is 26.2 Å². The van der Waals surface area contributed by atoms with Crippen LogP contribution in [0.4, 0.5) is 4.79 Å². The first-order valence-corrected chi connectivity index (χ1v) is 9.71. The van der Waals surface area contributed by atoms with Crippen LogP contribution in [0, 0.1) is 0 Å². The van der Waals surface area contributed by atoms with Crippen LogP contribution in [-0.2, 0) is 11.3 Å². The van der Waals surface area contributed by atoms with Gasteiger partial charge in [-0.15, -0.1) is 11.3 Å². The van der Waals surface area contributed by atoms with Crippen LogP contribution >= 0.6 is 11.3 Å². The van der Waals surface area contributed by atoms with Gasteiger partial charge in [0.05, 0.1) is 11.4 Å².